The molecule has 0 radical (unpaired) electrons. The van der Waals surface area contributed by atoms with E-state index in [-0.39, 0.29) is 6.04 Å². The molecular formula is C16H12Cl2N2O. The number of hydrogen-bond donors (Lipinski definition) is 1. The number of hydrazine groups is 1. The van der Waals surface area contributed by atoms with Gasteiger partial charge >= 0.3 is 0 Å². The van der Waals surface area contributed by atoms with E-state index in [1.165, 1.54) is 0 Å². The van der Waals surface area contributed by atoms with Crippen LogP contribution in [0.15, 0.2) is 48.5 Å². The van der Waals surface area contributed by atoms with Gasteiger partial charge in [0.1, 0.15) is 5.75 Å². The Bertz CT molecular complexity index is 728. The smallest absolute Gasteiger partial charge is 0.159 e. The van der Waals surface area contributed by atoms with E-state index in [4.69, 9.17) is 27.9 Å². The third kappa shape index (κ3) is 2.27. The summed E-state index contributed by atoms with van der Waals surface area (Å²) in [5.74, 6) is 0.885. The number of halogens is 2. The summed E-state index contributed by atoms with van der Waals surface area (Å²) in [6.45, 7) is 0.493. The molecular weight excluding hydrogens is 307 g/mol. The summed E-state index contributed by atoms with van der Waals surface area (Å²) in [6, 6.07) is 13.6. The van der Waals surface area contributed by atoms with Gasteiger partial charge in [-0.1, -0.05) is 35.3 Å². The van der Waals surface area contributed by atoms with E-state index in [9.17, 15) is 0 Å². The van der Waals surface area contributed by atoms with Crippen molar-refractivity contribution < 1.29 is 4.74 Å². The number of fused-ring (bicyclic) bond motifs is 3. The zero-order valence-corrected chi connectivity index (χ0v) is 12.5. The topological polar surface area (TPSA) is 24.5 Å². The second kappa shape index (κ2) is 4.95. The van der Waals surface area contributed by atoms with Crippen molar-refractivity contribution in [2.75, 3.05) is 6.73 Å². The number of rotatable bonds is 1. The van der Waals surface area contributed by atoms with Gasteiger partial charge in [-0.2, -0.15) is 5.01 Å². The average Bonchev–Trinajstić information content (AvgIpc) is 2.92. The zero-order chi connectivity index (χ0) is 14.4. The van der Waals surface area contributed by atoms with Gasteiger partial charge in [-0.3, -0.25) is 0 Å². The predicted octanol–water partition coefficient (Wildman–Crippen LogP) is 4.25. The Kier molecular flexibility index (Phi) is 3.07. The molecule has 2 aromatic rings. The number of hydrogen-bond acceptors (Lipinski definition) is 3. The lowest BCUT2D eigenvalue weighted by molar-refractivity contribution is 0.0595. The molecule has 2 aliphatic heterocycles. The van der Waals surface area contributed by atoms with Crippen molar-refractivity contribution in [3.63, 3.8) is 0 Å². The molecule has 0 saturated heterocycles. The van der Waals surface area contributed by atoms with Crippen LogP contribution in [-0.2, 0) is 0 Å². The minimum atomic E-state index is 0.123. The van der Waals surface area contributed by atoms with Crippen LogP contribution in [0.1, 0.15) is 17.2 Å². The molecule has 0 bridgehead atoms. The molecule has 5 heteroatoms. The molecule has 0 spiro atoms. The molecule has 1 N–H and O–H groups in total. The van der Waals surface area contributed by atoms with Gasteiger partial charge in [0.25, 0.3) is 0 Å². The van der Waals surface area contributed by atoms with Crippen molar-refractivity contribution in [2.45, 2.75) is 6.04 Å². The second-order valence-electron chi connectivity index (χ2n) is 5.07. The Morgan fingerprint density at radius 3 is 2.62 bits per heavy atom. The van der Waals surface area contributed by atoms with Gasteiger partial charge in [0.05, 0.1) is 11.7 Å². The van der Waals surface area contributed by atoms with Gasteiger partial charge < -0.3 is 10.2 Å². The van der Waals surface area contributed by atoms with E-state index in [2.05, 4.69) is 11.5 Å². The van der Waals surface area contributed by atoms with Gasteiger partial charge in [-0.05, 0) is 42.0 Å². The predicted molar refractivity (Wildman–Crippen MR) is 84.1 cm³/mol. The highest BCUT2D eigenvalue weighted by Crippen LogP contribution is 2.40. The van der Waals surface area contributed by atoms with Crippen LogP contribution in [0.5, 0.6) is 5.75 Å². The van der Waals surface area contributed by atoms with E-state index < -0.39 is 0 Å². The third-order valence-corrected chi connectivity index (χ3v) is 4.22. The molecule has 2 heterocycles. The van der Waals surface area contributed by atoms with Gasteiger partial charge in [0.15, 0.2) is 6.73 Å². The fourth-order valence-corrected chi connectivity index (χ4v) is 3.00. The Labute approximate surface area is 132 Å². The molecule has 4 rings (SSSR count). The molecule has 21 heavy (non-hydrogen) atoms. The van der Waals surface area contributed by atoms with Crippen LogP contribution in [0.2, 0.25) is 10.0 Å². The molecule has 106 valence electrons. The molecule has 0 aliphatic carbocycles. The second-order valence-corrected chi connectivity index (χ2v) is 5.94. The van der Waals surface area contributed by atoms with Crippen molar-refractivity contribution in [2.24, 2.45) is 0 Å². The number of nitrogens with zero attached hydrogens (tertiary/aromatic N) is 1. The summed E-state index contributed by atoms with van der Waals surface area (Å²) < 4.78 is 5.75. The van der Waals surface area contributed by atoms with Gasteiger partial charge in [-0.15, -0.1) is 0 Å². The maximum Gasteiger partial charge on any atom is 0.159 e. The quantitative estimate of drug-likeness (QED) is 0.850. The summed E-state index contributed by atoms with van der Waals surface area (Å²) in [5, 5.41) is 3.49. The summed E-state index contributed by atoms with van der Waals surface area (Å²) >= 11 is 12.0. The van der Waals surface area contributed by atoms with Crippen molar-refractivity contribution in [3.05, 3.63) is 69.7 Å². The van der Waals surface area contributed by atoms with Gasteiger partial charge in [-0.25, -0.2) is 0 Å². The Morgan fingerprint density at radius 2 is 1.81 bits per heavy atom. The molecule has 0 saturated carbocycles. The van der Waals surface area contributed by atoms with E-state index in [1.807, 2.05) is 47.5 Å². The fourth-order valence-electron chi connectivity index (χ4n) is 2.69. The molecule has 2 aliphatic rings. The van der Waals surface area contributed by atoms with Crippen molar-refractivity contribution >= 4 is 28.9 Å². The minimum Gasteiger partial charge on any atom is -0.476 e. The first-order chi connectivity index (χ1) is 10.2. The standard InChI is InChI=1S/C16H12Cl2N2O/c17-11-3-1-10(2-4-11)14-8-15-13-7-12(18)5-6-16(13)21-9-20(15)19-14/h1-8,15,19H,9H2. The molecule has 1 unspecified atom stereocenters. The first kappa shape index (κ1) is 13.0. The Hall–Kier alpha value is -1.68. The lowest BCUT2D eigenvalue weighted by Crippen LogP contribution is -2.40. The Morgan fingerprint density at radius 1 is 1.05 bits per heavy atom. The zero-order valence-electron chi connectivity index (χ0n) is 11.0. The third-order valence-electron chi connectivity index (χ3n) is 3.73. The highest BCUT2D eigenvalue weighted by molar-refractivity contribution is 6.31. The summed E-state index contributed by atoms with van der Waals surface area (Å²) in [5.41, 5.74) is 6.59. The number of nitrogens with one attached hydrogen (secondary N) is 1. The Balaban J connectivity index is 1.73. The first-order valence-corrected chi connectivity index (χ1v) is 7.39. The fraction of sp³-hybridized carbons (Fsp3) is 0.125. The van der Waals surface area contributed by atoms with Gasteiger partial charge in [0, 0.05) is 15.6 Å². The monoisotopic (exact) mass is 318 g/mol. The molecule has 0 fully saturated rings. The van der Waals surface area contributed by atoms with Crippen LogP contribution >= 0.6 is 23.2 Å². The molecule has 0 amide bonds. The number of benzene rings is 2. The van der Waals surface area contributed by atoms with E-state index >= 15 is 0 Å². The SMILES string of the molecule is Clc1ccc(C2=CC3c4cc(Cl)ccc4OCN3N2)cc1. The van der Waals surface area contributed by atoms with E-state index in [0.717, 1.165) is 27.6 Å². The minimum absolute atomic E-state index is 0.123. The largest absolute Gasteiger partial charge is 0.476 e. The molecule has 3 nitrogen and oxygen atoms in total. The first-order valence-electron chi connectivity index (χ1n) is 6.64. The van der Waals surface area contributed by atoms with Crippen molar-refractivity contribution in [1.82, 2.24) is 10.4 Å². The summed E-state index contributed by atoms with van der Waals surface area (Å²) in [6.07, 6.45) is 2.18. The van der Waals surface area contributed by atoms with Crippen molar-refractivity contribution in [1.29, 1.82) is 0 Å². The van der Waals surface area contributed by atoms with Crippen LogP contribution in [0, 0.1) is 0 Å². The maximum absolute atomic E-state index is 6.11. The lowest BCUT2D eigenvalue weighted by atomic mass is 10.0. The summed E-state index contributed by atoms with van der Waals surface area (Å²) in [4.78, 5) is 0. The number of ether oxygens (including phenoxy) is 1. The van der Waals surface area contributed by atoms with Crippen LogP contribution in [0.4, 0.5) is 0 Å². The highest BCUT2D eigenvalue weighted by atomic mass is 35.5. The normalized spacial score (nSPS) is 20.1. The average molecular weight is 319 g/mol. The van der Waals surface area contributed by atoms with Crippen molar-refractivity contribution in [3.8, 4) is 5.75 Å². The molecule has 0 aromatic heterocycles. The molecule has 1 atom stereocenters. The van der Waals surface area contributed by atoms with Gasteiger partial charge in [0.2, 0.25) is 0 Å². The van der Waals surface area contributed by atoms with Crippen LogP contribution in [0.3, 0.4) is 0 Å². The van der Waals surface area contributed by atoms with Crippen LogP contribution in [-0.4, -0.2) is 11.7 Å². The maximum atomic E-state index is 6.11. The van der Waals surface area contributed by atoms with E-state index in [1.54, 1.807) is 0 Å². The lowest BCUT2D eigenvalue weighted by Gasteiger charge is -2.31. The van der Waals surface area contributed by atoms with E-state index in [0.29, 0.717) is 11.8 Å². The highest BCUT2D eigenvalue weighted by Gasteiger charge is 2.32. The van der Waals surface area contributed by atoms with Crippen LogP contribution in [0.25, 0.3) is 5.70 Å². The van der Waals surface area contributed by atoms with Crippen LogP contribution < -0.4 is 10.2 Å². The summed E-state index contributed by atoms with van der Waals surface area (Å²) in [7, 11) is 0. The molecule has 2 aromatic carbocycles.